The number of ether oxygens (including phenoxy) is 1. The fourth-order valence-electron chi connectivity index (χ4n) is 2.52. The van der Waals surface area contributed by atoms with E-state index in [1.54, 1.807) is 31.0 Å². The summed E-state index contributed by atoms with van der Waals surface area (Å²) in [6.45, 7) is 4.20. The second-order valence-corrected chi connectivity index (χ2v) is 6.52. The van der Waals surface area contributed by atoms with Crippen LogP contribution in [0.25, 0.3) is 10.2 Å². The number of aryl methyl sites for hydroxylation is 2. The number of anilines is 1. The normalized spacial score (nSPS) is 12.3. The fraction of sp³-hybridized carbons (Fsp3) is 0.375. The fourth-order valence-corrected chi connectivity index (χ4v) is 3.56. The molecule has 0 saturated heterocycles. The number of aromatic nitrogens is 4. The van der Waals surface area contributed by atoms with Crippen molar-refractivity contribution in [1.29, 1.82) is 0 Å². The van der Waals surface area contributed by atoms with Crippen LogP contribution in [-0.2, 0) is 11.8 Å². The Hall–Kier alpha value is -2.52. The minimum absolute atomic E-state index is 0.266. The first kappa shape index (κ1) is 17.3. The van der Waals surface area contributed by atoms with Gasteiger partial charge in [-0.2, -0.15) is 5.10 Å². The minimum Gasteiger partial charge on any atom is -0.462 e. The van der Waals surface area contributed by atoms with E-state index in [-0.39, 0.29) is 12.5 Å². The van der Waals surface area contributed by atoms with E-state index in [2.05, 4.69) is 20.4 Å². The summed E-state index contributed by atoms with van der Waals surface area (Å²) in [6, 6.07) is 0. The molecule has 0 aliphatic rings. The van der Waals surface area contributed by atoms with Crippen LogP contribution >= 0.6 is 11.3 Å². The topological polar surface area (TPSA) is 102 Å². The maximum Gasteiger partial charge on any atom is 0.348 e. The van der Waals surface area contributed by atoms with Crippen LogP contribution < -0.4 is 5.32 Å². The Morgan fingerprint density at radius 2 is 2.28 bits per heavy atom. The molecule has 0 aromatic carbocycles. The van der Waals surface area contributed by atoms with E-state index < -0.39 is 6.10 Å². The molecule has 25 heavy (non-hydrogen) atoms. The maximum atomic E-state index is 12.1. The van der Waals surface area contributed by atoms with Gasteiger partial charge in [0.2, 0.25) is 0 Å². The molecule has 0 spiro atoms. The summed E-state index contributed by atoms with van der Waals surface area (Å²) < 4.78 is 6.73. The molecule has 3 rings (SSSR count). The predicted octanol–water partition coefficient (Wildman–Crippen LogP) is 2.06. The second-order valence-electron chi connectivity index (χ2n) is 5.52. The average molecular weight is 361 g/mol. The van der Waals surface area contributed by atoms with Crippen molar-refractivity contribution in [3.05, 3.63) is 34.7 Å². The summed E-state index contributed by atoms with van der Waals surface area (Å²) in [4.78, 5) is 21.8. The molecule has 0 radical (unpaired) electrons. The standard InChI is InChI=1S/C16H19N5O3S/c1-4-24-16(23)13-9(2)12-14(18-8-19-15(12)25-13)17-6-11(22)10-5-20-21(3)7-10/h5,7-8,11,22H,4,6H2,1-3H3,(H,17,18,19). The van der Waals surface area contributed by atoms with Crippen molar-refractivity contribution < 1.29 is 14.6 Å². The predicted molar refractivity (Wildman–Crippen MR) is 94.8 cm³/mol. The molecule has 0 amide bonds. The minimum atomic E-state index is -0.720. The zero-order valence-electron chi connectivity index (χ0n) is 14.2. The summed E-state index contributed by atoms with van der Waals surface area (Å²) in [5.74, 6) is 0.224. The zero-order chi connectivity index (χ0) is 18.0. The largest absolute Gasteiger partial charge is 0.462 e. The Bertz CT molecular complexity index is 904. The molecule has 0 aliphatic heterocycles. The van der Waals surface area contributed by atoms with Crippen LogP contribution in [0, 0.1) is 6.92 Å². The van der Waals surface area contributed by atoms with E-state index >= 15 is 0 Å². The van der Waals surface area contributed by atoms with E-state index in [0.29, 0.717) is 22.1 Å². The van der Waals surface area contributed by atoms with Gasteiger partial charge >= 0.3 is 5.97 Å². The van der Waals surface area contributed by atoms with Crippen molar-refractivity contribution in [3.63, 3.8) is 0 Å². The summed E-state index contributed by atoms with van der Waals surface area (Å²) >= 11 is 1.28. The van der Waals surface area contributed by atoms with Crippen molar-refractivity contribution in [2.24, 2.45) is 7.05 Å². The van der Waals surface area contributed by atoms with Crippen LogP contribution in [0.5, 0.6) is 0 Å². The molecular weight excluding hydrogens is 342 g/mol. The van der Waals surface area contributed by atoms with Crippen LogP contribution in [-0.4, -0.2) is 44.0 Å². The number of nitrogens with one attached hydrogen (secondary N) is 1. The molecule has 1 unspecified atom stereocenters. The van der Waals surface area contributed by atoms with Gasteiger partial charge in [-0.05, 0) is 19.4 Å². The van der Waals surface area contributed by atoms with Crippen LogP contribution in [0.4, 0.5) is 5.82 Å². The van der Waals surface area contributed by atoms with E-state index in [9.17, 15) is 9.90 Å². The van der Waals surface area contributed by atoms with Crippen LogP contribution in [0.2, 0.25) is 0 Å². The molecule has 0 aliphatic carbocycles. The van der Waals surface area contributed by atoms with Crippen molar-refractivity contribution >= 4 is 33.3 Å². The van der Waals surface area contributed by atoms with Gasteiger partial charge in [0, 0.05) is 25.4 Å². The number of esters is 1. The first-order chi connectivity index (χ1) is 12.0. The quantitative estimate of drug-likeness (QED) is 0.648. The van der Waals surface area contributed by atoms with Gasteiger partial charge < -0.3 is 15.2 Å². The number of rotatable bonds is 6. The van der Waals surface area contributed by atoms with Crippen molar-refractivity contribution in [2.75, 3.05) is 18.5 Å². The molecular formula is C16H19N5O3S. The van der Waals surface area contributed by atoms with Crippen molar-refractivity contribution in [3.8, 4) is 0 Å². The lowest BCUT2D eigenvalue weighted by Crippen LogP contribution is -2.13. The highest BCUT2D eigenvalue weighted by molar-refractivity contribution is 7.20. The van der Waals surface area contributed by atoms with Gasteiger partial charge in [-0.3, -0.25) is 4.68 Å². The summed E-state index contributed by atoms with van der Waals surface area (Å²) in [7, 11) is 1.79. The Morgan fingerprint density at radius 3 is 2.96 bits per heavy atom. The number of nitrogens with zero attached hydrogens (tertiary/aromatic N) is 4. The molecule has 2 N–H and O–H groups in total. The average Bonchev–Trinajstić information content (AvgIpc) is 3.17. The highest BCUT2D eigenvalue weighted by Crippen LogP contribution is 2.33. The number of hydrogen-bond donors (Lipinski definition) is 2. The molecule has 0 saturated carbocycles. The molecule has 8 nitrogen and oxygen atoms in total. The molecule has 1 atom stereocenters. The second kappa shape index (κ2) is 7.16. The highest BCUT2D eigenvalue weighted by atomic mass is 32.1. The van der Waals surface area contributed by atoms with Gasteiger partial charge in [0.15, 0.2) is 0 Å². The molecule has 0 bridgehead atoms. The summed E-state index contributed by atoms with van der Waals surface area (Å²) in [5, 5.41) is 18.2. The first-order valence-electron chi connectivity index (χ1n) is 7.83. The Balaban J connectivity index is 1.85. The molecule has 3 aromatic heterocycles. The number of hydrogen-bond acceptors (Lipinski definition) is 8. The van der Waals surface area contributed by atoms with E-state index in [1.807, 2.05) is 6.92 Å². The van der Waals surface area contributed by atoms with Crippen LogP contribution in [0.3, 0.4) is 0 Å². The molecule has 3 aromatic rings. The Labute approximate surface area is 148 Å². The lowest BCUT2D eigenvalue weighted by molar-refractivity contribution is 0.0531. The van der Waals surface area contributed by atoms with Crippen LogP contribution in [0.15, 0.2) is 18.7 Å². The molecule has 3 heterocycles. The highest BCUT2D eigenvalue weighted by Gasteiger charge is 2.20. The van der Waals surface area contributed by atoms with E-state index in [4.69, 9.17) is 4.74 Å². The monoisotopic (exact) mass is 361 g/mol. The first-order valence-corrected chi connectivity index (χ1v) is 8.64. The summed E-state index contributed by atoms with van der Waals surface area (Å²) in [5.41, 5.74) is 1.49. The van der Waals surface area contributed by atoms with Crippen LogP contribution in [0.1, 0.15) is 33.8 Å². The van der Waals surface area contributed by atoms with E-state index in [1.165, 1.54) is 17.7 Å². The molecule has 9 heteroatoms. The molecule has 0 fully saturated rings. The smallest absolute Gasteiger partial charge is 0.348 e. The number of fused-ring (bicyclic) bond motifs is 1. The number of aliphatic hydroxyl groups excluding tert-OH is 1. The number of aliphatic hydroxyl groups is 1. The van der Waals surface area contributed by atoms with Gasteiger partial charge in [0.05, 0.1) is 24.3 Å². The van der Waals surface area contributed by atoms with Gasteiger partial charge in [0.25, 0.3) is 0 Å². The van der Waals surface area contributed by atoms with Crippen molar-refractivity contribution in [2.45, 2.75) is 20.0 Å². The van der Waals surface area contributed by atoms with Gasteiger partial charge in [0.1, 0.15) is 21.9 Å². The number of carbonyl (C=O) groups is 1. The Kier molecular flexibility index (Phi) is 4.95. The lowest BCUT2D eigenvalue weighted by Gasteiger charge is -2.11. The third kappa shape index (κ3) is 3.47. The van der Waals surface area contributed by atoms with E-state index in [0.717, 1.165) is 16.5 Å². The van der Waals surface area contributed by atoms with Gasteiger partial charge in [-0.1, -0.05) is 0 Å². The van der Waals surface area contributed by atoms with Crippen molar-refractivity contribution in [1.82, 2.24) is 19.7 Å². The maximum absolute atomic E-state index is 12.1. The third-order valence-corrected chi connectivity index (χ3v) is 4.94. The summed E-state index contributed by atoms with van der Waals surface area (Å²) in [6.07, 6.45) is 4.10. The SMILES string of the molecule is CCOC(=O)c1sc2ncnc(NCC(O)c3cnn(C)c3)c2c1C. The Morgan fingerprint density at radius 1 is 1.48 bits per heavy atom. The number of carbonyl (C=O) groups excluding carboxylic acids is 1. The third-order valence-electron chi connectivity index (χ3n) is 3.76. The van der Waals surface area contributed by atoms with Gasteiger partial charge in [-0.25, -0.2) is 14.8 Å². The number of thiophene rings is 1. The molecule has 132 valence electrons. The lowest BCUT2D eigenvalue weighted by atomic mass is 10.2. The van der Waals surface area contributed by atoms with Gasteiger partial charge in [-0.15, -0.1) is 11.3 Å². The zero-order valence-corrected chi connectivity index (χ0v) is 15.0.